The molecule has 0 unspecified atom stereocenters. The van der Waals surface area contributed by atoms with E-state index in [1.165, 1.54) is 0 Å². The van der Waals surface area contributed by atoms with E-state index in [4.69, 9.17) is 4.74 Å². The Morgan fingerprint density at radius 2 is 1.66 bits per heavy atom. The Hall–Kier alpha value is -4.31. The summed E-state index contributed by atoms with van der Waals surface area (Å²) in [5, 5.41) is 12.0. The molecule has 0 amide bonds. The van der Waals surface area contributed by atoms with Gasteiger partial charge in [0.1, 0.15) is 4.90 Å². The van der Waals surface area contributed by atoms with E-state index in [1.54, 1.807) is 0 Å². The lowest BCUT2D eigenvalue weighted by atomic mass is 10.0. The molecule has 178 valence electrons. The van der Waals surface area contributed by atoms with Gasteiger partial charge in [-0.1, -0.05) is 48.5 Å². The summed E-state index contributed by atoms with van der Waals surface area (Å²) in [5.74, 6) is -1.43. The topological polar surface area (TPSA) is 126 Å². The average Bonchev–Trinajstić information content (AvgIpc) is 3.14. The van der Waals surface area contributed by atoms with Crippen LogP contribution in [0.3, 0.4) is 0 Å². The highest BCUT2D eigenvalue weighted by Gasteiger charge is 2.26. The van der Waals surface area contributed by atoms with Crippen LogP contribution in [0.1, 0.15) is 20.7 Å². The molecule has 4 rings (SSSR count). The molecule has 4 aromatic rings. The van der Waals surface area contributed by atoms with Gasteiger partial charge >= 0.3 is 5.97 Å². The highest BCUT2D eigenvalue weighted by atomic mass is 32.2. The molecule has 3 aromatic carbocycles. The number of hydrogen-bond acceptors (Lipinski definition) is 7. The van der Waals surface area contributed by atoms with Crippen LogP contribution in [-0.4, -0.2) is 42.5 Å². The van der Waals surface area contributed by atoms with E-state index in [9.17, 15) is 28.1 Å². The van der Waals surface area contributed by atoms with Gasteiger partial charge < -0.3 is 9.30 Å². The predicted molar refractivity (Wildman–Crippen MR) is 129 cm³/mol. The third-order valence-electron chi connectivity index (χ3n) is 5.56. The maximum atomic E-state index is 13.3. The number of aryl methyl sites for hydroxylation is 1. The number of benzene rings is 3. The Morgan fingerprint density at radius 3 is 2.31 bits per heavy atom. The van der Waals surface area contributed by atoms with Crippen molar-refractivity contribution in [3.63, 3.8) is 0 Å². The Bertz CT molecular complexity index is 1590. The van der Waals surface area contributed by atoms with Crippen molar-refractivity contribution in [2.45, 2.75) is 4.90 Å². The SMILES string of the molecule is Cn1c(-c2ccccc2)c(C(=O)COC(=O)c2ccc(S(C)(=O)=O)c([N+](=O)[O-])c2)c2ccccc21. The Morgan fingerprint density at radius 1 is 1.00 bits per heavy atom. The zero-order valence-electron chi connectivity index (χ0n) is 18.8. The van der Waals surface area contributed by atoms with E-state index in [-0.39, 0.29) is 5.56 Å². The maximum Gasteiger partial charge on any atom is 0.338 e. The van der Waals surface area contributed by atoms with Crippen molar-refractivity contribution in [3.05, 3.63) is 94.0 Å². The van der Waals surface area contributed by atoms with E-state index in [0.29, 0.717) is 16.6 Å². The van der Waals surface area contributed by atoms with Gasteiger partial charge in [0.2, 0.25) is 5.78 Å². The number of fused-ring (bicyclic) bond motifs is 1. The molecule has 1 aromatic heterocycles. The van der Waals surface area contributed by atoms with Crippen LogP contribution >= 0.6 is 0 Å². The number of para-hydroxylation sites is 1. The van der Waals surface area contributed by atoms with Crippen LogP contribution in [0.2, 0.25) is 0 Å². The quantitative estimate of drug-likeness (QED) is 0.164. The number of nitro benzene ring substituents is 1. The fourth-order valence-corrected chi connectivity index (χ4v) is 4.83. The Balaban J connectivity index is 1.66. The van der Waals surface area contributed by atoms with E-state index < -0.39 is 43.7 Å². The number of hydrogen-bond donors (Lipinski definition) is 0. The maximum absolute atomic E-state index is 13.3. The van der Waals surface area contributed by atoms with Gasteiger partial charge in [0.25, 0.3) is 5.69 Å². The number of carbonyl (C=O) groups excluding carboxylic acids is 2. The second-order valence-electron chi connectivity index (χ2n) is 7.88. The van der Waals surface area contributed by atoms with Gasteiger partial charge in [-0.25, -0.2) is 13.2 Å². The summed E-state index contributed by atoms with van der Waals surface area (Å²) in [6.07, 6.45) is 0.834. The molecule has 9 nitrogen and oxygen atoms in total. The van der Waals surface area contributed by atoms with Gasteiger partial charge in [0.05, 0.1) is 21.7 Å². The first-order valence-electron chi connectivity index (χ1n) is 10.4. The lowest BCUT2D eigenvalue weighted by Gasteiger charge is -2.09. The number of sulfone groups is 1. The highest BCUT2D eigenvalue weighted by molar-refractivity contribution is 7.90. The highest BCUT2D eigenvalue weighted by Crippen LogP contribution is 2.33. The first-order chi connectivity index (χ1) is 16.6. The van der Waals surface area contributed by atoms with Gasteiger partial charge in [0, 0.05) is 30.3 Å². The number of nitro groups is 1. The minimum atomic E-state index is -3.88. The van der Waals surface area contributed by atoms with Crippen molar-refractivity contribution >= 4 is 38.2 Å². The summed E-state index contributed by atoms with van der Waals surface area (Å²) < 4.78 is 30.7. The third-order valence-corrected chi connectivity index (χ3v) is 6.70. The average molecular weight is 493 g/mol. The molecule has 0 atom stereocenters. The molecule has 0 spiro atoms. The van der Waals surface area contributed by atoms with E-state index in [1.807, 2.05) is 66.2 Å². The minimum absolute atomic E-state index is 0.238. The summed E-state index contributed by atoms with van der Waals surface area (Å²) in [6, 6.07) is 19.6. The second kappa shape index (κ2) is 9.15. The predicted octanol–water partition coefficient (Wildman–Crippen LogP) is 4.20. The van der Waals surface area contributed by atoms with Crippen LogP contribution < -0.4 is 0 Å². The molecule has 10 heteroatoms. The molecular formula is C25H20N2O7S. The lowest BCUT2D eigenvalue weighted by Crippen LogP contribution is -2.15. The van der Waals surface area contributed by atoms with Gasteiger partial charge in [-0.15, -0.1) is 0 Å². The van der Waals surface area contributed by atoms with Crippen molar-refractivity contribution in [2.24, 2.45) is 7.05 Å². The summed E-state index contributed by atoms with van der Waals surface area (Å²) in [5.41, 5.74) is 1.72. The van der Waals surface area contributed by atoms with Crippen molar-refractivity contribution in [2.75, 3.05) is 12.9 Å². The number of aromatic nitrogens is 1. The molecule has 0 aliphatic heterocycles. The summed E-state index contributed by atoms with van der Waals surface area (Å²) in [7, 11) is -2.04. The second-order valence-corrected chi connectivity index (χ2v) is 9.86. The fourth-order valence-electron chi connectivity index (χ4n) is 4.00. The zero-order chi connectivity index (χ0) is 25.3. The number of ketones is 1. The summed E-state index contributed by atoms with van der Waals surface area (Å²) >= 11 is 0. The zero-order valence-corrected chi connectivity index (χ0v) is 19.6. The molecule has 0 bridgehead atoms. The smallest absolute Gasteiger partial charge is 0.338 e. The van der Waals surface area contributed by atoms with E-state index in [2.05, 4.69) is 0 Å². The molecule has 0 N–H and O–H groups in total. The van der Waals surface area contributed by atoms with Crippen molar-refractivity contribution < 1.29 is 27.7 Å². The molecular weight excluding hydrogens is 472 g/mol. The van der Waals surface area contributed by atoms with Crippen LogP contribution in [0.15, 0.2) is 77.7 Å². The molecule has 1 heterocycles. The summed E-state index contributed by atoms with van der Waals surface area (Å²) in [4.78, 5) is 35.8. The van der Waals surface area contributed by atoms with Crippen LogP contribution in [-0.2, 0) is 21.6 Å². The van der Waals surface area contributed by atoms with Gasteiger partial charge in [-0.05, 0) is 23.8 Å². The standard InChI is InChI=1S/C25H20N2O7S/c1-26-19-11-7-6-10-18(19)23(24(26)16-8-4-3-5-9-16)21(28)15-34-25(29)17-12-13-22(35(2,32)33)20(14-17)27(30)31/h3-14H,15H2,1-2H3. The van der Waals surface area contributed by atoms with Crippen LogP contribution in [0.4, 0.5) is 5.69 Å². The normalized spacial score (nSPS) is 11.4. The van der Waals surface area contributed by atoms with E-state index >= 15 is 0 Å². The van der Waals surface area contributed by atoms with E-state index in [0.717, 1.165) is 35.5 Å². The number of nitrogens with zero attached hydrogens (tertiary/aromatic N) is 2. The van der Waals surface area contributed by atoms with Crippen molar-refractivity contribution in [3.8, 4) is 11.3 Å². The molecule has 35 heavy (non-hydrogen) atoms. The molecule has 0 saturated carbocycles. The van der Waals surface area contributed by atoms with Crippen molar-refractivity contribution in [1.82, 2.24) is 4.57 Å². The molecule has 0 aliphatic rings. The fraction of sp³-hybridized carbons (Fsp3) is 0.120. The molecule has 0 fully saturated rings. The number of carbonyl (C=O) groups is 2. The lowest BCUT2D eigenvalue weighted by molar-refractivity contribution is -0.387. The molecule has 0 saturated heterocycles. The monoisotopic (exact) mass is 492 g/mol. The number of ether oxygens (including phenoxy) is 1. The number of Topliss-reactive ketones (excluding diaryl/α,β-unsaturated/α-hetero) is 1. The largest absolute Gasteiger partial charge is 0.454 e. The first kappa shape index (κ1) is 23.8. The summed E-state index contributed by atoms with van der Waals surface area (Å²) in [6.45, 7) is -0.603. The third kappa shape index (κ3) is 4.56. The van der Waals surface area contributed by atoms with Crippen LogP contribution in [0.25, 0.3) is 22.2 Å². The van der Waals surface area contributed by atoms with Crippen LogP contribution in [0.5, 0.6) is 0 Å². The molecule has 0 aliphatic carbocycles. The Kier molecular flexibility index (Phi) is 6.23. The minimum Gasteiger partial charge on any atom is -0.454 e. The van der Waals surface area contributed by atoms with Gasteiger partial charge in [-0.3, -0.25) is 14.9 Å². The van der Waals surface area contributed by atoms with Gasteiger partial charge in [-0.2, -0.15) is 0 Å². The number of esters is 1. The first-order valence-corrected chi connectivity index (χ1v) is 12.3. The Labute approximate surface area is 200 Å². The van der Waals surface area contributed by atoms with Crippen LogP contribution in [0, 0.1) is 10.1 Å². The van der Waals surface area contributed by atoms with Crippen molar-refractivity contribution in [1.29, 1.82) is 0 Å². The molecule has 0 radical (unpaired) electrons. The van der Waals surface area contributed by atoms with Gasteiger partial charge in [0.15, 0.2) is 16.4 Å². The number of rotatable bonds is 7.